The van der Waals surface area contributed by atoms with Gasteiger partial charge in [0.1, 0.15) is 29.1 Å². The van der Waals surface area contributed by atoms with E-state index in [1.807, 2.05) is 0 Å². The Kier molecular flexibility index (Phi) is 18.9. The third kappa shape index (κ3) is 15.7. The summed E-state index contributed by atoms with van der Waals surface area (Å²) in [5.41, 5.74) is 0.486. The molecule has 2 atom stereocenters. The molecule has 15 nitrogen and oxygen atoms in total. The van der Waals surface area contributed by atoms with E-state index in [9.17, 15) is 50.6 Å². The van der Waals surface area contributed by atoms with Crippen molar-refractivity contribution in [2.75, 3.05) is 26.3 Å². The smallest absolute Gasteiger partial charge is 0.416 e. The van der Waals surface area contributed by atoms with Gasteiger partial charge in [0, 0.05) is 41.6 Å². The van der Waals surface area contributed by atoms with Crippen LogP contribution in [-0.2, 0) is 36.3 Å². The molecule has 2 amide bonds. The van der Waals surface area contributed by atoms with Gasteiger partial charge in [0.15, 0.2) is 11.2 Å². The Morgan fingerprint density at radius 2 is 1.04 bits per heavy atom. The van der Waals surface area contributed by atoms with Gasteiger partial charge in [0.2, 0.25) is 35.8 Å². The van der Waals surface area contributed by atoms with E-state index in [0.717, 1.165) is 30.3 Å². The van der Waals surface area contributed by atoms with Gasteiger partial charge in [0.25, 0.3) is 0 Å². The van der Waals surface area contributed by atoms with Crippen LogP contribution >= 0.6 is 23.2 Å². The second-order valence-electron chi connectivity index (χ2n) is 15.7. The number of carbonyl (C=O) groups excluding carboxylic acids is 3. The summed E-state index contributed by atoms with van der Waals surface area (Å²) < 4.78 is 108. The van der Waals surface area contributed by atoms with E-state index in [2.05, 4.69) is 20.6 Å². The maximum absolute atomic E-state index is 13.4. The Balaban J connectivity index is 0.000000219. The molecule has 0 bridgehead atoms. The van der Waals surface area contributed by atoms with Crippen LogP contribution in [-0.4, -0.2) is 70.2 Å². The number of hydrogen-bond donors (Lipinski definition) is 4. The number of fused-ring (bicyclic) bond motifs is 2. The molecule has 0 fully saturated rings. The van der Waals surface area contributed by atoms with E-state index in [1.165, 1.54) is 68.4 Å². The molecule has 6 aromatic carbocycles. The Hall–Kier alpha value is -8.14. The van der Waals surface area contributed by atoms with Gasteiger partial charge in [-0.3, -0.25) is 9.59 Å². The Morgan fingerprint density at radius 3 is 1.45 bits per heavy atom. The molecular formula is C52H42Cl2F6N4O11. The minimum absolute atomic E-state index is 0.0135. The maximum atomic E-state index is 13.4. The zero-order chi connectivity index (χ0) is 54.5. The zero-order valence-corrected chi connectivity index (χ0v) is 40.7. The summed E-state index contributed by atoms with van der Waals surface area (Å²) in [4.78, 5) is 54.7. The number of esters is 1. The van der Waals surface area contributed by atoms with Crippen LogP contribution in [0.2, 0.25) is 10.0 Å². The van der Waals surface area contributed by atoms with Gasteiger partial charge in [-0.25, -0.2) is 19.6 Å². The number of para-hydroxylation sites is 4. The molecule has 8 rings (SSSR count). The molecule has 0 saturated carbocycles. The van der Waals surface area contributed by atoms with E-state index < -0.39 is 47.6 Å². The molecule has 0 aliphatic rings. The first-order chi connectivity index (χ1) is 35.6. The zero-order valence-electron chi connectivity index (χ0n) is 39.2. The van der Waals surface area contributed by atoms with E-state index in [-0.39, 0.29) is 77.1 Å². The van der Waals surface area contributed by atoms with Gasteiger partial charge < -0.3 is 43.9 Å². The standard InChI is InChI=1S/C26H20ClF3N2O5.C22H13ClF3NO4.C4H9NO2/c1-15(33)31-11-12-35-25(34)23(16-5-4-6-17(13-16)26(28,29)30)36-21-10-9-18(27)14-19(21)24-32-20-7-2-3-8-22(20)37-24;23-14-8-9-17(15(11-14)20-27-16-6-1-2-7-18(16)31-20)30-19(21(28)29)12-4-3-5-13(10-12)22(24,25)26;1-4(7)5-2-3-6/h2-10,13-14,23H,11-12H2,1H3,(H,31,33);1-11,19H,(H,28,29);6H,2-3H2,1H3,(H,5,7). The lowest BCUT2D eigenvalue weighted by molar-refractivity contribution is -0.152. The number of benzene rings is 6. The van der Waals surface area contributed by atoms with Gasteiger partial charge in [-0.05, 0) is 84.9 Å². The Labute approximate surface area is 432 Å². The molecule has 0 saturated heterocycles. The Bertz CT molecular complexity index is 3230. The highest BCUT2D eigenvalue weighted by Gasteiger charge is 2.35. The van der Waals surface area contributed by atoms with Gasteiger partial charge in [-0.1, -0.05) is 71.7 Å². The summed E-state index contributed by atoms with van der Waals surface area (Å²) in [6.07, 6.45) is -12.5. The fraction of sp³-hybridized carbons (Fsp3) is 0.192. The van der Waals surface area contributed by atoms with E-state index in [0.29, 0.717) is 38.8 Å². The maximum Gasteiger partial charge on any atom is 0.416 e. The number of aromatic nitrogens is 2. The molecule has 75 heavy (non-hydrogen) atoms. The number of halogens is 8. The van der Waals surface area contributed by atoms with Gasteiger partial charge >= 0.3 is 24.3 Å². The predicted octanol–water partition coefficient (Wildman–Crippen LogP) is 11.5. The van der Waals surface area contributed by atoms with Crippen molar-refractivity contribution in [3.05, 3.63) is 166 Å². The summed E-state index contributed by atoms with van der Waals surface area (Å²) in [6, 6.07) is 31.0. The van der Waals surface area contributed by atoms with Crippen LogP contribution in [0.5, 0.6) is 11.5 Å². The van der Waals surface area contributed by atoms with Crippen molar-refractivity contribution in [3.8, 4) is 34.4 Å². The predicted molar refractivity (Wildman–Crippen MR) is 262 cm³/mol. The van der Waals surface area contributed by atoms with Crippen molar-refractivity contribution in [3.63, 3.8) is 0 Å². The first-order valence-electron chi connectivity index (χ1n) is 22.1. The molecule has 0 spiro atoms. The number of aliphatic hydroxyl groups excluding tert-OH is 1. The van der Waals surface area contributed by atoms with Gasteiger partial charge in [-0.15, -0.1) is 0 Å². The lowest BCUT2D eigenvalue weighted by Crippen LogP contribution is -2.28. The van der Waals surface area contributed by atoms with Crippen molar-refractivity contribution in [2.24, 2.45) is 0 Å². The minimum atomic E-state index is -4.64. The molecule has 0 aliphatic heterocycles. The summed E-state index contributed by atoms with van der Waals surface area (Å²) in [7, 11) is 0. The first-order valence-corrected chi connectivity index (χ1v) is 22.8. The number of nitrogens with zero attached hydrogens (tertiary/aromatic N) is 2. The number of hydrogen-bond acceptors (Lipinski definition) is 12. The molecule has 8 aromatic rings. The first kappa shape index (κ1) is 56.2. The second kappa shape index (κ2) is 25.2. The van der Waals surface area contributed by atoms with Crippen LogP contribution in [0.3, 0.4) is 0 Å². The average molecular weight is 1080 g/mol. The Morgan fingerprint density at radius 1 is 0.600 bits per heavy atom. The van der Waals surface area contributed by atoms with Crippen molar-refractivity contribution < 1.29 is 78.8 Å². The number of oxazole rings is 2. The quantitative estimate of drug-likeness (QED) is 0.0428. The number of aliphatic hydroxyl groups is 1. The summed E-state index contributed by atoms with van der Waals surface area (Å²) in [5.74, 6) is -2.45. The number of carbonyl (C=O) groups is 4. The molecule has 0 aliphatic carbocycles. The highest BCUT2D eigenvalue weighted by Crippen LogP contribution is 2.40. The van der Waals surface area contributed by atoms with Crippen molar-refractivity contribution >= 4 is 69.2 Å². The number of rotatable bonds is 15. The number of nitrogens with one attached hydrogen (secondary N) is 2. The van der Waals surface area contributed by atoms with Crippen molar-refractivity contribution in [1.82, 2.24) is 20.6 Å². The molecule has 2 heterocycles. The summed E-state index contributed by atoms with van der Waals surface area (Å²) in [5, 5.41) is 23.2. The number of carboxylic acids is 1. The lowest BCUT2D eigenvalue weighted by Gasteiger charge is -2.21. The van der Waals surface area contributed by atoms with Crippen LogP contribution in [0.15, 0.2) is 142 Å². The molecular weight excluding hydrogens is 1040 g/mol. The van der Waals surface area contributed by atoms with Gasteiger partial charge in [0.05, 0.1) is 35.4 Å². The van der Waals surface area contributed by atoms with Crippen LogP contribution in [0.25, 0.3) is 45.1 Å². The topological polar surface area (TPSA) is 213 Å². The summed E-state index contributed by atoms with van der Waals surface area (Å²) in [6.45, 7) is 2.89. The molecule has 2 unspecified atom stereocenters. The number of alkyl halides is 6. The minimum Gasteiger partial charge on any atom is -0.478 e. The van der Waals surface area contributed by atoms with Crippen LogP contribution in [0, 0.1) is 0 Å². The molecule has 392 valence electrons. The van der Waals surface area contributed by atoms with E-state index in [1.54, 1.807) is 48.5 Å². The summed E-state index contributed by atoms with van der Waals surface area (Å²) >= 11 is 12.3. The lowest BCUT2D eigenvalue weighted by atomic mass is 10.1. The molecule has 0 radical (unpaired) electrons. The fourth-order valence-electron chi connectivity index (χ4n) is 6.73. The third-order valence-corrected chi connectivity index (χ3v) is 10.6. The molecule has 23 heteroatoms. The highest BCUT2D eigenvalue weighted by molar-refractivity contribution is 6.31. The number of amides is 2. The second-order valence-corrected chi connectivity index (χ2v) is 16.6. The SMILES string of the molecule is CC(=O)NCCO.CC(=O)NCCOC(=O)C(Oc1ccc(Cl)cc1-c1nc2ccccc2o1)c1cccc(C(F)(F)F)c1.O=C(O)C(Oc1ccc(Cl)cc1-c1nc2ccccc2o1)c1cccc(C(F)(F)F)c1. The van der Waals surface area contributed by atoms with Crippen LogP contribution in [0.4, 0.5) is 26.3 Å². The van der Waals surface area contributed by atoms with E-state index in [4.69, 9.17) is 51.4 Å². The molecule has 2 aromatic heterocycles. The molecule has 4 N–H and O–H groups in total. The average Bonchev–Trinajstić information content (AvgIpc) is 4.01. The fourth-order valence-corrected chi connectivity index (χ4v) is 7.07. The van der Waals surface area contributed by atoms with Crippen molar-refractivity contribution in [1.29, 1.82) is 0 Å². The van der Waals surface area contributed by atoms with Crippen LogP contribution < -0.4 is 20.1 Å². The normalized spacial score (nSPS) is 12.0. The monoisotopic (exact) mass is 1080 g/mol. The largest absolute Gasteiger partial charge is 0.478 e. The van der Waals surface area contributed by atoms with Crippen LogP contribution in [0.1, 0.15) is 48.3 Å². The number of aliphatic carboxylic acids is 1. The number of ether oxygens (including phenoxy) is 3. The van der Waals surface area contributed by atoms with Crippen molar-refractivity contribution in [2.45, 2.75) is 38.4 Å². The third-order valence-electron chi connectivity index (χ3n) is 10.1. The van der Waals surface area contributed by atoms with E-state index >= 15 is 0 Å². The number of carboxylic acid groups (broad SMARTS) is 1. The highest BCUT2D eigenvalue weighted by atomic mass is 35.5. The van der Waals surface area contributed by atoms with Gasteiger partial charge in [-0.2, -0.15) is 26.3 Å².